The molecule has 124 valence electrons. The van der Waals surface area contributed by atoms with Crippen molar-refractivity contribution in [1.82, 2.24) is 4.98 Å². The number of fused-ring (bicyclic) bond motifs is 1. The quantitative estimate of drug-likeness (QED) is 0.725. The molecule has 0 spiro atoms. The fourth-order valence-corrected chi connectivity index (χ4v) is 2.80. The second-order valence-corrected chi connectivity index (χ2v) is 6.07. The van der Waals surface area contributed by atoms with Crippen LogP contribution in [0.1, 0.15) is 5.56 Å². The number of amides is 1. The van der Waals surface area contributed by atoms with E-state index in [2.05, 4.69) is 41.5 Å². The number of carbonyl (C=O) groups excluding carboxylic acids is 1. The predicted molar refractivity (Wildman–Crippen MR) is 96.2 cm³/mol. The Labute approximate surface area is 145 Å². The van der Waals surface area contributed by atoms with E-state index in [4.69, 9.17) is 4.74 Å². The normalized spacial score (nSPS) is 12.9. The molecule has 2 heterocycles. The molecular formula is C20H18N3O2+. The van der Waals surface area contributed by atoms with Gasteiger partial charge in [-0.3, -0.25) is 10.1 Å². The van der Waals surface area contributed by atoms with Crippen LogP contribution in [-0.4, -0.2) is 17.5 Å². The van der Waals surface area contributed by atoms with Crippen LogP contribution in [0.2, 0.25) is 0 Å². The largest absolute Gasteiger partial charge is 0.482 e. The number of aromatic nitrogens is 1. The molecule has 5 heteroatoms. The lowest BCUT2D eigenvalue weighted by Crippen LogP contribution is -2.71. The number of hydrogen-bond acceptors (Lipinski definition) is 3. The SMILES string of the molecule is Cc1ccc([NH2+]c2cc(-c3ccc4c(c3)NC(=O)CO4)ccn2)cc1. The molecule has 0 bridgehead atoms. The minimum atomic E-state index is -0.132. The molecule has 1 aromatic heterocycles. The van der Waals surface area contributed by atoms with Crippen molar-refractivity contribution >= 4 is 23.1 Å². The van der Waals surface area contributed by atoms with E-state index in [1.165, 1.54) is 5.56 Å². The fraction of sp³-hybridized carbons (Fsp3) is 0.100. The number of ether oxygens (including phenoxy) is 1. The van der Waals surface area contributed by atoms with Crippen LogP contribution in [0.5, 0.6) is 5.75 Å². The Bertz CT molecular complexity index is 936. The third-order valence-corrected chi connectivity index (χ3v) is 4.12. The first-order valence-corrected chi connectivity index (χ1v) is 8.12. The van der Waals surface area contributed by atoms with E-state index < -0.39 is 0 Å². The summed E-state index contributed by atoms with van der Waals surface area (Å²) >= 11 is 0. The highest BCUT2D eigenvalue weighted by atomic mass is 16.5. The average molecular weight is 332 g/mol. The zero-order valence-electron chi connectivity index (χ0n) is 13.8. The van der Waals surface area contributed by atoms with Gasteiger partial charge in [0, 0.05) is 12.3 Å². The standard InChI is InChI=1S/C20H17N3O2/c1-13-2-5-16(6-3-13)22-19-11-15(8-9-21-19)14-4-7-18-17(10-14)23-20(24)12-25-18/h2-11H,12H2,1H3,(H,21,22)(H,23,24)/p+1. The molecule has 1 aliphatic heterocycles. The number of anilines is 1. The van der Waals surface area contributed by atoms with Gasteiger partial charge in [0.15, 0.2) is 6.61 Å². The maximum absolute atomic E-state index is 11.5. The third-order valence-electron chi connectivity index (χ3n) is 4.12. The Balaban J connectivity index is 1.62. The zero-order chi connectivity index (χ0) is 17.2. The molecule has 0 atom stereocenters. The molecule has 0 radical (unpaired) electrons. The first kappa shape index (κ1) is 15.4. The smallest absolute Gasteiger partial charge is 0.262 e. The minimum absolute atomic E-state index is 0.0667. The highest BCUT2D eigenvalue weighted by Gasteiger charge is 2.16. The Morgan fingerprint density at radius 1 is 1.04 bits per heavy atom. The van der Waals surface area contributed by atoms with Crippen molar-refractivity contribution in [2.45, 2.75) is 6.92 Å². The molecule has 3 N–H and O–H groups in total. The van der Waals surface area contributed by atoms with Crippen LogP contribution >= 0.6 is 0 Å². The third kappa shape index (κ3) is 3.36. The number of carbonyl (C=O) groups is 1. The van der Waals surface area contributed by atoms with Gasteiger partial charge in [-0.1, -0.05) is 23.8 Å². The van der Waals surface area contributed by atoms with Gasteiger partial charge in [0.2, 0.25) is 5.82 Å². The lowest BCUT2D eigenvalue weighted by Gasteiger charge is -2.18. The van der Waals surface area contributed by atoms with Crippen molar-refractivity contribution in [2.75, 3.05) is 11.9 Å². The molecule has 1 amide bonds. The molecule has 5 nitrogen and oxygen atoms in total. The number of rotatable bonds is 3. The first-order chi connectivity index (χ1) is 12.2. The van der Waals surface area contributed by atoms with E-state index in [0.29, 0.717) is 11.4 Å². The molecule has 0 saturated carbocycles. The Morgan fingerprint density at radius 2 is 1.84 bits per heavy atom. The van der Waals surface area contributed by atoms with E-state index in [1.54, 1.807) is 6.20 Å². The number of nitrogens with one attached hydrogen (secondary N) is 1. The van der Waals surface area contributed by atoms with Gasteiger partial charge in [0.05, 0.1) is 5.69 Å². The highest BCUT2D eigenvalue weighted by molar-refractivity contribution is 5.96. The van der Waals surface area contributed by atoms with Gasteiger partial charge in [0.25, 0.3) is 5.91 Å². The van der Waals surface area contributed by atoms with Crippen LogP contribution in [0.3, 0.4) is 0 Å². The summed E-state index contributed by atoms with van der Waals surface area (Å²) in [4.78, 5) is 15.9. The summed E-state index contributed by atoms with van der Waals surface area (Å²) in [7, 11) is 0. The Kier molecular flexibility index (Phi) is 3.91. The van der Waals surface area contributed by atoms with Crippen molar-refractivity contribution < 1.29 is 14.8 Å². The van der Waals surface area contributed by atoms with E-state index >= 15 is 0 Å². The fourth-order valence-electron chi connectivity index (χ4n) is 2.80. The summed E-state index contributed by atoms with van der Waals surface area (Å²) in [5.41, 5.74) is 5.09. The summed E-state index contributed by atoms with van der Waals surface area (Å²) in [6, 6.07) is 18.1. The molecule has 0 aliphatic carbocycles. The van der Waals surface area contributed by atoms with E-state index in [-0.39, 0.29) is 12.5 Å². The molecule has 0 fully saturated rings. The van der Waals surface area contributed by atoms with Crippen molar-refractivity contribution in [3.63, 3.8) is 0 Å². The number of quaternary nitrogens is 1. The summed E-state index contributed by atoms with van der Waals surface area (Å²) in [6.07, 6.45) is 1.80. The zero-order valence-corrected chi connectivity index (χ0v) is 13.8. The molecular weight excluding hydrogens is 314 g/mol. The number of nitrogens with zero attached hydrogens (tertiary/aromatic N) is 1. The van der Waals surface area contributed by atoms with Crippen LogP contribution in [0.25, 0.3) is 11.1 Å². The molecule has 0 saturated heterocycles. The maximum atomic E-state index is 11.5. The van der Waals surface area contributed by atoms with Crippen LogP contribution in [0.4, 0.5) is 17.2 Å². The van der Waals surface area contributed by atoms with Gasteiger partial charge < -0.3 is 10.1 Å². The van der Waals surface area contributed by atoms with Crippen LogP contribution in [-0.2, 0) is 4.79 Å². The molecule has 3 aromatic rings. The van der Waals surface area contributed by atoms with Crippen molar-refractivity contribution in [3.05, 3.63) is 66.4 Å². The second kappa shape index (κ2) is 6.37. The number of pyridine rings is 1. The Morgan fingerprint density at radius 3 is 2.68 bits per heavy atom. The van der Waals surface area contributed by atoms with Gasteiger partial charge in [0.1, 0.15) is 11.4 Å². The summed E-state index contributed by atoms with van der Waals surface area (Å²) in [6.45, 7) is 2.14. The van der Waals surface area contributed by atoms with Gasteiger partial charge in [-0.05, 0) is 48.4 Å². The lowest BCUT2D eigenvalue weighted by molar-refractivity contribution is -0.482. The average Bonchev–Trinajstić information content (AvgIpc) is 2.63. The van der Waals surface area contributed by atoms with Gasteiger partial charge >= 0.3 is 0 Å². The topological polar surface area (TPSA) is 67.8 Å². The van der Waals surface area contributed by atoms with Crippen LogP contribution in [0.15, 0.2) is 60.8 Å². The van der Waals surface area contributed by atoms with E-state index in [0.717, 1.165) is 22.6 Å². The van der Waals surface area contributed by atoms with Crippen LogP contribution in [0, 0.1) is 6.92 Å². The second-order valence-electron chi connectivity index (χ2n) is 6.07. The van der Waals surface area contributed by atoms with Crippen LogP contribution < -0.4 is 15.4 Å². The molecule has 25 heavy (non-hydrogen) atoms. The number of benzene rings is 2. The van der Waals surface area contributed by atoms with Crippen molar-refractivity contribution in [2.24, 2.45) is 0 Å². The molecule has 2 aromatic carbocycles. The summed E-state index contributed by atoms with van der Waals surface area (Å²) in [5, 5.41) is 4.89. The predicted octanol–water partition coefficient (Wildman–Crippen LogP) is 2.91. The van der Waals surface area contributed by atoms with Gasteiger partial charge in [-0.15, -0.1) is 0 Å². The van der Waals surface area contributed by atoms with E-state index in [1.807, 2.05) is 35.6 Å². The van der Waals surface area contributed by atoms with E-state index in [9.17, 15) is 4.79 Å². The summed E-state index contributed by atoms with van der Waals surface area (Å²) < 4.78 is 5.41. The molecule has 1 aliphatic rings. The molecule has 0 unspecified atom stereocenters. The van der Waals surface area contributed by atoms with Gasteiger partial charge in [-0.25, -0.2) is 4.98 Å². The molecule has 4 rings (SSSR count). The maximum Gasteiger partial charge on any atom is 0.262 e. The highest BCUT2D eigenvalue weighted by Crippen LogP contribution is 2.32. The number of nitrogens with two attached hydrogens (primary N) is 1. The first-order valence-electron chi connectivity index (χ1n) is 8.12. The number of aryl methyl sites for hydroxylation is 1. The Hall–Kier alpha value is -3.18. The van der Waals surface area contributed by atoms with Crippen molar-refractivity contribution in [1.29, 1.82) is 0 Å². The van der Waals surface area contributed by atoms with Crippen molar-refractivity contribution in [3.8, 4) is 16.9 Å². The van der Waals surface area contributed by atoms with Gasteiger partial charge in [-0.2, -0.15) is 0 Å². The monoisotopic (exact) mass is 332 g/mol. The number of hydrogen-bond donors (Lipinski definition) is 2. The summed E-state index contributed by atoms with van der Waals surface area (Å²) in [5.74, 6) is 1.45. The minimum Gasteiger partial charge on any atom is -0.482 e. The lowest BCUT2D eigenvalue weighted by atomic mass is 10.1.